The molecule has 1 atom stereocenters. The second-order valence-corrected chi connectivity index (χ2v) is 9.81. The molecule has 0 N–H and O–H groups in total. The van der Waals surface area contributed by atoms with E-state index in [0.29, 0.717) is 12.0 Å². The first-order valence-corrected chi connectivity index (χ1v) is 12.1. The SMILES string of the molecule is CC(C)CN1CCC(c2nnc(SC[C@@H]3CCCO3)n2Cc2ccccc2)CC1. The van der Waals surface area contributed by atoms with Crippen molar-refractivity contribution in [3.05, 3.63) is 41.7 Å². The molecular weight excluding hydrogens is 380 g/mol. The van der Waals surface area contributed by atoms with E-state index in [-0.39, 0.29) is 0 Å². The van der Waals surface area contributed by atoms with Gasteiger partial charge in [-0.15, -0.1) is 10.2 Å². The summed E-state index contributed by atoms with van der Waals surface area (Å²) in [6.45, 7) is 9.90. The molecule has 1 aromatic heterocycles. The van der Waals surface area contributed by atoms with E-state index < -0.39 is 0 Å². The van der Waals surface area contributed by atoms with Gasteiger partial charge in [0, 0.05) is 24.8 Å². The molecule has 0 spiro atoms. The Kier molecular flexibility index (Phi) is 7.27. The van der Waals surface area contributed by atoms with Gasteiger partial charge in [-0.3, -0.25) is 0 Å². The zero-order valence-corrected chi connectivity index (χ0v) is 18.6. The fourth-order valence-electron chi connectivity index (χ4n) is 4.46. The minimum absolute atomic E-state index is 0.365. The third-order valence-electron chi connectivity index (χ3n) is 5.93. The van der Waals surface area contributed by atoms with Crippen molar-refractivity contribution >= 4 is 11.8 Å². The molecule has 3 heterocycles. The second kappa shape index (κ2) is 10.1. The van der Waals surface area contributed by atoms with Crippen LogP contribution >= 0.6 is 11.8 Å². The second-order valence-electron chi connectivity index (χ2n) is 8.83. The van der Waals surface area contributed by atoms with Gasteiger partial charge in [-0.25, -0.2) is 0 Å². The molecule has 2 aliphatic rings. The molecule has 29 heavy (non-hydrogen) atoms. The number of nitrogens with zero attached hydrogens (tertiary/aromatic N) is 4. The molecule has 1 aromatic carbocycles. The van der Waals surface area contributed by atoms with Crippen LogP contribution in [-0.4, -0.2) is 57.8 Å². The van der Waals surface area contributed by atoms with Crippen LogP contribution in [0.3, 0.4) is 0 Å². The number of likely N-dealkylation sites (tertiary alicyclic amines) is 1. The lowest BCUT2D eigenvalue weighted by molar-refractivity contribution is 0.129. The van der Waals surface area contributed by atoms with Crippen LogP contribution in [0.5, 0.6) is 0 Å². The Bertz CT molecular complexity index is 749. The predicted octanol–water partition coefficient (Wildman–Crippen LogP) is 4.43. The van der Waals surface area contributed by atoms with Gasteiger partial charge >= 0.3 is 0 Å². The van der Waals surface area contributed by atoms with Crippen LogP contribution in [0.4, 0.5) is 0 Å². The van der Waals surface area contributed by atoms with Gasteiger partial charge in [0.25, 0.3) is 0 Å². The van der Waals surface area contributed by atoms with Crippen molar-refractivity contribution in [2.24, 2.45) is 5.92 Å². The number of rotatable bonds is 8. The quantitative estimate of drug-likeness (QED) is 0.598. The highest BCUT2D eigenvalue weighted by molar-refractivity contribution is 7.99. The molecule has 0 unspecified atom stereocenters. The number of hydrogen-bond donors (Lipinski definition) is 0. The number of piperidine rings is 1. The van der Waals surface area contributed by atoms with Gasteiger partial charge in [0.1, 0.15) is 5.82 Å². The minimum atomic E-state index is 0.365. The molecule has 158 valence electrons. The van der Waals surface area contributed by atoms with Crippen molar-refractivity contribution < 1.29 is 4.74 Å². The monoisotopic (exact) mass is 414 g/mol. The summed E-state index contributed by atoms with van der Waals surface area (Å²) in [6.07, 6.45) is 5.07. The van der Waals surface area contributed by atoms with E-state index in [1.807, 2.05) is 11.8 Å². The topological polar surface area (TPSA) is 43.2 Å². The number of ether oxygens (including phenoxy) is 1. The van der Waals surface area contributed by atoms with Crippen molar-refractivity contribution in [3.63, 3.8) is 0 Å². The lowest BCUT2D eigenvalue weighted by Crippen LogP contribution is -2.36. The molecule has 4 rings (SSSR count). The highest BCUT2D eigenvalue weighted by atomic mass is 32.2. The number of aromatic nitrogens is 3. The number of benzene rings is 1. The lowest BCUT2D eigenvalue weighted by Gasteiger charge is -2.32. The molecular formula is C23H34N4OS. The fraction of sp³-hybridized carbons (Fsp3) is 0.652. The molecule has 6 heteroatoms. The van der Waals surface area contributed by atoms with Crippen LogP contribution < -0.4 is 0 Å². The normalized spacial score (nSPS) is 21.3. The van der Waals surface area contributed by atoms with Gasteiger partial charge in [-0.05, 0) is 50.3 Å². The molecule has 2 aliphatic heterocycles. The molecule has 2 fully saturated rings. The molecule has 0 saturated carbocycles. The van der Waals surface area contributed by atoms with Crippen molar-refractivity contribution in [1.29, 1.82) is 0 Å². The predicted molar refractivity (Wildman–Crippen MR) is 119 cm³/mol. The summed E-state index contributed by atoms with van der Waals surface area (Å²) >= 11 is 1.81. The van der Waals surface area contributed by atoms with Crippen molar-refractivity contribution in [2.45, 2.75) is 63.3 Å². The van der Waals surface area contributed by atoms with Gasteiger partial charge in [-0.2, -0.15) is 0 Å². The van der Waals surface area contributed by atoms with E-state index in [9.17, 15) is 0 Å². The summed E-state index contributed by atoms with van der Waals surface area (Å²) in [6, 6.07) is 10.7. The Morgan fingerprint density at radius 2 is 1.90 bits per heavy atom. The molecule has 0 amide bonds. The van der Waals surface area contributed by atoms with Gasteiger partial charge in [0.2, 0.25) is 0 Å². The molecule has 2 saturated heterocycles. The van der Waals surface area contributed by atoms with Gasteiger partial charge in [0.15, 0.2) is 5.16 Å². The maximum Gasteiger partial charge on any atom is 0.191 e. The van der Waals surface area contributed by atoms with Gasteiger partial charge in [-0.1, -0.05) is 55.9 Å². The van der Waals surface area contributed by atoms with Crippen LogP contribution in [0.2, 0.25) is 0 Å². The average molecular weight is 415 g/mol. The zero-order valence-electron chi connectivity index (χ0n) is 17.8. The van der Waals surface area contributed by atoms with Gasteiger partial charge < -0.3 is 14.2 Å². The maximum atomic E-state index is 5.82. The van der Waals surface area contributed by atoms with Crippen LogP contribution in [0, 0.1) is 5.92 Å². The molecule has 5 nitrogen and oxygen atoms in total. The Hall–Kier alpha value is -1.37. The maximum absolute atomic E-state index is 5.82. The minimum Gasteiger partial charge on any atom is -0.377 e. The standard InChI is InChI=1S/C23H34N4OS/c1-18(2)15-26-12-10-20(11-13-26)22-24-25-23(29-17-21-9-6-14-28-21)27(22)16-19-7-4-3-5-8-19/h3-5,7-8,18,20-21H,6,9-17H2,1-2H3/t21-/m0/s1. The zero-order chi connectivity index (χ0) is 20.1. The molecule has 0 bridgehead atoms. The molecule has 2 aromatic rings. The van der Waals surface area contributed by atoms with Crippen LogP contribution in [0.25, 0.3) is 0 Å². The fourth-order valence-corrected chi connectivity index (χ4v) is 5.47. The lowest BCUT2D eigenvalue weighted by atomic mass is 9.95. The van der Waals surface area contributed by atoms with Crippen LogP contribution in [0.15, 0.2) is 35.5 Å². The van der Waals surface area contributed by atoms with Crippen molar-refractivity contribution in [1.82, 2.24) is 19.7 Å². The van der Waals surface area contributed by atoms with Crippen LogP contribution in [-0.2, 0) is 11.3 Å². The summed E-state index contributed by atoms with van der Waals surface area (Å²) in [5.41, 5.74) is 1.31. The average Bonchev–Trinajstić information content (AvgIpc) is 3.38. The van der Waals surface area contributed by atoms with E-state index in [1.54, 1.807) is 0 Å². The number of thioether (sulfide) groups is 1. The Balaban J connectivity index is 1.48. The van der Waals surface area contributed by atoms with Crippen molar-refractivity contribution in [2.75, 3.05) is 32.0 Å². The number of hydrogen-bond acceptors (Lipinski definition) is 5. The summed E-state index contributed by atoms with van der Waals surface area (Å²) in [5, 5.41) is 10.4. The third kappa shape index (κ3) is 5.62. The third-order valence-corrected chi connectivity index (χ3v) is 7.03. The van der Waals surface area contributed by atoms with E-state index in [1.165, 1.54) is 56.7 Å². The molecule has 0 aliphatic carbocycles. The van der Waals surface area contributed by atoms with Crippen LogP contribution in [0.1, 0.15) is 56.8 Å². The largest absolute Gasteiger partial charge is 0.377 e. The first kappa shape index (κ1) is 20.9. The van der Waals surface area contributed by atoms with Crippen molar-refractivity contribution in [3.8, 4) is 0 Å². The Labute approximate surface area is 179 Å². The van der Waals surface area contributed by atoms with E-state index in [0.717, 1.165) is 30.0 Å². The highest BCUT2D eigenvalue weighted by Gasteiger charge is 2.27. The summed E-state index contributed by atoms with van der Waals surface area (Å²) < 4.78 is 8.19. The van der Waals surface area contributed by atoms with E-state index in [4.69, 9.17) is 9.84 Å². The van der Waals surface area contributed by atoms with Gasteiger partial charge in [0.05, 0.1) is 12.6 Å². The smallest absolute Gasteiger partial charge is 0.191 e. The van der Waals surface area contributed by atoms with E-state index >= 15 is 0 Å². The first-order valence-electron chi connectivity index (χ1n) is 11.1. The highest BCUT2D eigenvalue weighted by Crippen LogP contribution is 2.31. The summed E-state index contributed by atoms with van der Waals surface area (Å²) in [5.74, 6) is 3.38. The Morgan fingerprint density at radius 3 is 2.59 bits per heavy atom. The molecule has 0 radical (unpaired) electrons. The first-order chi connectivity index (χ1) is 14.2. The Morgan fingerprint density at radius 1 is 1.10 bits per heavy atom. The summed E-state index contributed by atoms with van der Waals surface area (Å²) in [4.78, 5) is 2.60. The summed E-state index contributed by atoms with van der Waals surface area (Å²) in [7, 11) is 0. The van der Waals surface area contributed by atoms with E-state index in [2.05, 4.69) is 58.7 Å².